The first-order chi connectivity index (χ1) is 9.10. The van der Waals surface area contributed by atoms with Crippen LogP contribution < -0.4 is 5.32 Å². The fourth-order valence-electron chi connectivity index (χ4n) is 1.87. The van der Waals surface area contributed by atoms with Crippen LogP contribution in [0.2, 0.25) is 0 Å². The van der Waals surface area contributed by atoms with Gasteiger partial charge in [-0.15, -0.1) is 5.10 Å². The summed E-state index contributed by atoms with van der Waals surface area (Å²) < 4.78 is 2.78. The molecule has 0 spiro atoms. The van der Waals surface area contributed by atoms with Gasteiger partial charge in [0.25, 0.3) is 0 Å². The van der Waals surface area contributed by atoms with Crippen LogP contribution in [0.1, 0.15) is 16.8 Å². The van der Waals surface area contributed by atoms with Gasteiger partial charge in [0, 0.05) is 10.2 Å². The number of nitrogens with zero attached hydrogens (tertiary/aromatic N) is 3. The molecule has 102 valence electrons. The van der Waals surface area contributed by atoms with Gasteiger partial charge >= 0.3 is 0 Å². The second kappa shape index (κ2) is 6.16. The molecule has 0 amide bonds. The van der Waals surface area contributed by atoms with Crippen LogP contribution in [0.5, 0.6) is 0 Å². The Bertz CT molecular complexity index is 545. The molecular weight excluding hydrogens is 308 g/mol. The Balaban J connectivity index is 2.01. The Morgan fingerprint density at radius 3 is 2.63 bits per heavy atom. The zero-order valence-electron chi connectivity index (χ0n) is 11.0. The van der Waals surface area contributed by atoms with Crippen LogP contribution >= 0.6 is 15.9 Å². The number of hydrogen-bond acceptors (Lipinski definition) is 4. The molecule has 0 aliphatic rings. The van der Waals surface area contributed by atoms with Gasteiger partial charge in [-0.05, 0) is 37.1 Å². The number of halogens is 1. The maximum atomic E-state index is 8.82. The van der Waals surface area contributed by atoms with Gasteiger partial charge in [-0.1, -0.05) is 21.1 Å². The number of rotatable bonds is 5. The Morgan fingerprint density at radius 2 is 2.00 bits per heavy atom. The number of aliphatic hydroxyl groups is 1. The molecule has 0 aliphatic carbocycles. The summed E-state index contributed by atoms with van der Waals surface area (Å²) in [6, 6.07) is 4.18. The Hall–Kier alpha value is -1.40. The summed E-state index contributed by atoms with van der Waals surface area (Å²) in [6.07, 6.45) is 1.84. The van der Waals surface area contributed by atoms with E-state index in [1.165, 1.54) is 11.1 Å². The van der Waals surface area contributed by atoms with E-state index in [1.807, 2.05) is 6.20 Å². The molecule has 0 aliphatic heterocycles. The first kappa shape index (κ1) is 14.0. The van der Waals surface area contributed by atoms with E-state index in [9.17, 15) is 0 Å². The number of hydrogen-bond donors (Lipinski definition) is 2. The molecule has 0 saturated heterocycles. The molecule has 19 heavy (non-hydrogen) atoms. The van der Waals surface area contributed by atoms with Crippen LogP contribution in [0.3, 0.4) is 0 Å². The van der Waals surface area contributed by atoms with Gasteiger partial charge in [-0.2, -0.15) is 0 Å². The summed E-state index contributed by atoms with van der Waals surface area (Å²) in [4.78, 5) is 0. The van der Waals surface area contributed by atoms with Crippen molar-refractivity contribution in [1.82, 2.24) is 15.0 Å². The molecule has 0 bridgehead atoms. The van der Waals surface area contributed by atoms with Gasteiger partial charge in [-0.3, -0.25) is 0 Å². The number of aliphatic hydroxyl groups excluding tert-OH is 1. The summed E-state index contributed by atoms with van der Waals surface area (Å²) in [6.45, 7) is 5.30. The van der Waals surface area contributed by atoms with Crippen LogP contribution in [0.15, 0.2) is 22.8 Å². The maximum absolute atomic E-state index is 8.82. The fourth-order valence-corrected chi connectivity index (χ4v) is 2.10. The molecule has 1 heterocycles. The third-order valence-corrected chi connectivity index (χ3v) is 4.08. The van der Waals surface area contributed by atoms with Crippen molar-refractivity contribution >= 4 is 21.6 Å². The second-order valence-corrected chi connectivity index (χ2v) is 5.27. The number of aryl methyl sites for hydroxylation is 2. The van der Waals surface area contributed by atoms with Crippen molar-refractivity contribution in [2.24, 2.45) is 0 Å². The Labute approximate surface area is 120 Å². The molecule has 0 unspecified atom stereocenters. The van der Waals surface area contributed by atoms with Crippen molar-refractivity contribution in [3.8, 4) is 0 Å². The van der Waals surface area contributed by atoms with E-state index in [-0.39, 0.29) is 6.61 Å². The lowest BCUT2D eigenvalue weighted by atomic mass is 10.1. The first-order valence-electron chi connectivity index (χ1n) is 6.10. The van der Waals surface area contributed by atoms with E-state index in [0.717, 1.165) is 15.9 Å². The number of benzene rings is 1. The molecule has 0 radical (unpaired) electrons. The van der Waals surface area contributed by atoms with Crippen molar-refractivity contribution < 1.29 is 5.11 Å². The molecule has 5 nitrogen and oxygen atoms in total. The van der Waals surface area contributed by atoms with E-state index in [1.54, 1.807) is 4.68 Å². The lowest BCUT2D eigenvalue weighted by Crippen LogP contribution is -2.02. The summed E-state index contributed by atoms with van der Waals surface area (Å²) in [5, 5.41) is 20.1. The average Bonchev–Trinajstić information content (AvgIpc) is 2.81. The Kier molecular flexibility index (Phi) is 4.55. The molecule has 2 rings (SSSR count). The van der Waals surface area contributed by atoms with Crippen LogP contribution in [0.4, 0.5) is 5.69 Å². The normalized spacial score (nSPS) is 10.7. The third kappa shape index (κ3) is 3.54. The topological polar surface area (TPSA) is 63.0 Å². The molecule has 0 atom stereocenters. The summed E-state index contributed by atoms with van der Waals surface area (Å²) in [5.41, 5.74) is 4.32. The Morgan fingerprint density at radius 1 is 1.32 bits per heavy atom. The number of anilines is 1. The largest absolute Gasteiger partial charge is 0.394 e. The van der Waals surface area contributed by atoms with Crippen LogP contribution in [0, 0.1) is 13.8 Å². The molecule has 2 aromatic rings. The van der Waals surface area contributed by atoms with E-state index in [4.69, 9.17) is 5.11 Å². The zero-order chi connectivity index (χ0) is 13.8. The van der Waals surface area contributed by atoms with Gasteiger partial charge in [0.05, 0.1) is 25.9 Å². The molecule has 0 saturated carbocycles. The molecule has 1 aromatic heterocycles. The summed E-state index contributed by atoms with van der Waals surface area (Å²) in [5.74, 6) is 0. The minimum atomic E-state index is 0.0708. The lowest BCUT2D eigenvalue weighted by molar-refractivity contribution is 0.268. The van der Waals surface area contributed by atoms with Crippen molar-refractivity contribution in [1.29, 1.82) is 0 Å². The van der Waals surface area contributed by atoms with Gasteiger partial charge in [0.1, 0.15) is 5.69 Å². The van der Waals surface area contributed by atoms with Crippen molar-refractivity contribution in [2.75, 3.05) is 11.9 Å². The summed E-state index contributed by atoms with van der Waals surface area (Å²) in [7, 11) is 0. The van der Waals surface area contributed by atoms with Crippen molar-refractivity contribution in [2.45, 2.75) is 26.9 Å². The van der Waals surface area contributed by atoms with Crippen LogP contribution in [-0.2, 0) is 13.1 Å². The van der Waals surface area contributed by atoms with Crippen molar-refractivity contribution in [3.05, 3.63) is 39.6 Å². The van der Waals surface area contributed by atoms with Crippen LogP contribution in [0.25, 0.3) is 0 Å². The third-order valence-electron chi connectivity index (χ3n) is 2.83. The number of nitrogens with one attached hydrogen (secondary N) is 1. The maximum Gasteiger partial charge on any atom is 0.102 e. The predicted molar refractivity (Wildman–Crippen MR) is 78.1 cm³/mol. The highest BCUT2D eigenvalue weighted by Gasteiger charge is 2.04. The van der Waals surface area contributed by atoms with Crippen molar-refractivity contribution in [3.63, 3.8) is 0 Å². The minimum Gasteiger partial charge on any atom is -0.394 e. The standard InChI is InChI=1S/C13H17BrN4O/c1-9-5-11(6-10(2)13(9)14)15-7-12-8-18(3-4-19)17-16-12/h5-6,8,15,19H,3-4,7H2,1-2H3. The molecule has 0 fully saturated rings. The van der Waals surface area contributed by atoms with E-state index < -0.39 is 0 Å². The smallest absolute Gasteiger partial charge is 0.102 e. The molecule has 2 N–H and O–H groups in total. The average molecular weight is 325 g/mol. The lowest BCUT2D eigenvalue weighted by Gasteiger charge is -2.09. The SMILES string of the molecule is Cc1cc(NCc2cn(CCO)nn2)cc(C)c1Br. The van der Waals surface area contributed by atoms with Gasteiger partial charge in [0.15, 0.2) is 0 Å². The molecule has 1 aromatic carbocycles. The van der Waals surface area contributed by atoms with E-state index in [2.05, 4.69) is 57.5 Å². The highest BCUT2D eigenvalue weighted by atomic mass is 79.9. The first-order valence-corrected chi connectivity index (χ1v) is 6.90. The fraction of sp³-hybridized carbons (Fsp3) is 0.385. The highest BCUT2D eigenvalue weighted by Crippen LogP contribution is 2.25. The zero-order valence-corrected chi connectivity index (χ0v) is 12.6. The van der Waals surface area contributed by atoms with Gasteiger partial charge in [-0.25, -0.2) is 4.68 Å². The highest BCUT2D eigenvalue weighted by molar-refractivity contribution is 9.10. The predicted octanol–water partition coefficient (Wildman–Crippen LogP) is 2.26. The second-order valence-electron chi connectivity index (χ2n) is 4.47. The molecular formula is C13H17BrN4O. The van der Waals surface area contributed by atoms with Gasteiger partial charge < -0.3 is 10.4 Å². The van der Waals surface area contributed by atoms with Gasteiger partial charge in [0.2, 0.25) is 0 Å². The van der Waals surface area contributed by atoms with Crippen LogP contribution in [-0.4, -0.2) is 26.7 Å². The quantitative estimate of drug-likeness (QED) is 0.885. The van der Waals surface area contributed by atoms with E-state index in [0.29, 0.717) is 13.1 Å². The molecule has 6 heteroatoms. The van der Waals surface area contributed by atoms with E-state index >= 15 is 0 Å². The summed E-state index contributed by atoms with van der Waals surface area (Å²) >= 11 is 3.55. The monoisotopic (exact) mass is 324 g/mol. The minimum absolute atomic E-state index is 0.0708. The number of aromatic nitrogens is 3.